The first-order valence-electron chi connectivity index (χ1n) is 10.9. The molecule has 2 aromatic carbocycles. The van der Waals surface area contributed by atoms with Crippen LogP contribution in [-0.4, -0.2) is 54.5 Å². The highest BCUT2D eigenvalue weighted by atomic mass is 19.1. The van der Waals surface area contributed by atoms with Gasteiger partial charge in [0.2, 0.25) is 0 Å². The van der Waals surface area contributed by atoms with Crippen LogP contribution in [0.2, 0.25) is 0 Å². The molecule has 2 saturated heterocycles. The van der Waals surface area contributed by atoms with Gasteiger partial charge in [0, 0.05) is 31.9 Å². The number of hydrogen-bond acceptors (Lipinski definition) is 3. The van der Waals surface area contributed by atoms with Crippen LogP contribution in [0.25, 0.3) is 0 Å². The van der Waals surface area contributed by atoms with Crippen molar-refractivity contribution in [1.29, 1.82) is 0 Å². The Hall–Kier alpha value is -3.16. The second kappa shape index (κ2) is 9.14. The number of piperidine rings is 1. The van der Waals surface area contributed by atoms with Crippen molar-refractivity contribution in [3.05, 3.63) is 59.7 Å². The molecule has 3 amide bonds. The molecule has 0 atom stereocenters. The molecule has 32 heavy (non-hydrogen) atoms. The molecule has 2 heterocycles. The van der Waals surface area contributed by atoms with Crippen LogP contribution in [-0.2, 0) is 0 Å². The number of nitrogens with one attached hydrogen (secondary N) is 1. The number of likely N-dealkylation sites (tertiary alicyclic amines) is 2. The Morgan fingerprint density at radius 2 is 1.56 bits per heavy atom. The minimum Gasteiger partial charge on any atom is -0.494 e. The molecule has 0 bridgehead atoms. The summed E-state index contributed by atoms with van der Waals surface area (Å²) in [5.74, 6) is -1.54. The molecule has 1 spiro atoms. The molecule has 2 fully saturated rings. The van der Waals surface area contributed by atoms with Crippen molar-refractivity contribution >= 4 is 17.6 Å². The van der Waals surface area contributed by atoms with E-state index in [1.807, 2.05) is 19.1 Å². The van der Waals surface area contributed by atoms with Gasteiger partial charge < -0.3 is 19.9 Å². The fourth-order valence-electron chi connectivity index (χ4n) is 4.56. The molecule has 0 saturated carbocycles. The van der Waals surface area contributed by atoms with Crippen LogP contribution < -0.4 is 10.1 Å². The molecule has 8 heteroatoms. The zero-order valence-electron chi connectivity index (χ0n) is 18.1. The van der Waals surface area contributed by atoms with E-state index in [1.54, 1.807) is 17.0 Å². The maximum atomic E-state index is 14.0. The summed E-state index contributed by atoms with van der Waals surface area (Å²) in [4.78, 5) is 28.7. The maximum Gasteiger partial charge on any atom is 0.321 e. The van der Waals surface area contributed by atoms with Crippen LogP contribution in [0.1, 0.15) is 36.5 Å². The van der Waals surface area contributed by atoms with Crippen molar-refractivity contribution in [3.8, 4) is 5.75 Å². The molecule has 2 aliphatic heterocycles. The molecule has 2 aromatic rings. The van der Waals surface area contributed by atoms with E-state index in [2.05, 4.69) is 5.32 Å². The Labute approximate surface area is 186 Å². The summed E-state index contributed by atoms with van der Waals surface area (Å²) in [6.45, 7) is 4.57. The summed E-state index contributed by atoms with van der Waals surface area (Å²) < 4.78 is 33.4. The monoisotopic (exact) mass is 443 g/mol. The topological polar surface area (TPSA) is 61.9 Å². The normalized spacial score (nSPS) is 17.5. The Balaban J connectivity index is 1.32. The highest BCUT2D eigenvalue weighted by molar-refractivity contribution is 5.95. The Bertz CT molecular complexity index is 968. The summed E-state index contributed by atoms with van der Waals surface area (Å²) in [7, 11) is 0. The van der Waals surface area contributed by atoms with E-state index in [-0.39, 0.29) is 11.4 Å². The molecule has 1 N–H and O–H groups in total. The minimum atomic E-state index is -0.840. The molecule has 0 aromatic heterocycles. The van der Waals surface area contributed by atoms with E-state index >= 15 is 0 Å². The summed E-state index contributed by atoms with van der Waals surface area (Å²) in [6.07, 6.45) is 2.24. The van der Waals surface area contributed by atoms with Gasteiger partial charge in [0.15, 0.2) is 0 Å². The van der Waals surface area contributed by atoms with Gasteiger partial charge in [-0.05, 0) is 68.0 Å². The smallest absolute Gasteiger partial charge is 0.321 e. The van der Waals surface area contributed by atoms with E-state index < -0.39 is 23.1 Å². The van der Waals surface area contributed by atoms with E-state index in [9.17, 15) is 18.4 Å². The molecule has 0 radical (unpaired) electrons. The molecule has 4 rings (SSSR count). The number of rotatable bonds is 4. The van der Waals surface area contributed by atoms with Crippen molar-refractivity contribution in [2.24, 2.45) is 5.41 Å². The first-order valence-corrected chi connectivity index (χ1v) is 10.9. The van der Waals surface area contributed by atoms with E-state index in [1.165, 1.54) is 11.0 Å². The number of ether oxygens (including phenoxy) is 1. The highest BCUT2D eigenvalue weighted by Gasteiger charge is 2.43. The number of benzene rings is 2. The number of carbonyl (C=O) groups excluding carboxylic acids is 2. The van der Waals surface area contributed by atoms with Crippen LogP contribution in [0, 0.1) is 17.0 Å². The number of nitrogens with zero attached hydrogens (tertiary/aromatic N) is 2. The maximum absolute atomic E-state index is 14.0. The zero-order valence-corrected chi connectivity index (χ0v) is 18.1. The van der Waals surface area contributed by atoms with Gasteiger partial charge in [-0.15, -0.1) is 0 Å². The van der Waals surface area contributed by atoms with E-state index in [4.69, 9.17) is 4.74 Å². The summed E-state index contributed by atoms with van der Waals surface area (Å²) in [5.41, 5.74) is 0.138. The highest BCUT2D eigenvalue weighted by Crippen LogP contribution is 2.41. The average molecular weight is 443 g/mol. The summed E-state index contributed by atoms with van der Waals surface area (Å²) in [5, 5.41) is 2.92. The number of halogens is 2. The van der Waals surface area contributed by atoms with Crippen molar-refractivity contribution in [1.82, 2.24) is 9.80 Å². The Morgan fingerprint density at radius 3 is 2.16 bits per heavy atom. The Morgan fingerprint density at radius 1 is 0.969 bits per heavy atom. The fourth-order valence-corrected chi connectivity index (χ4v) is 4.56. The van der Waals surface area contributed by atoms with Crippen LogP contribution in [0.3, 0.4) is 0 Å². The quantitative estimate of drug-likeness (QED) is 0.756. The van der Waals surface area contributed by atoms with Gasteiger partial charge in [0.1, 0.15) is 22.9 Å². The molecular formula is C24H27F2N3O3. The predicted octanol–water partition coefficient (Wildman–Crippen LogP) is 4.52. The first-order chi connectivity index (χ1) is 15.4. The third kappa shape index (κ3) is 4.54. The molecule has 0 aliphatic carbocycles. The number of hydrogen-bond donors (Lipinski definition) is 1. The average Bonchev–Trinajstić information content (AvgIpc) is 3.19. The lowest BCUT2D eigenvalue weighted by atomic mass is 9.77. The number of urea groups is 1. The van der Waals surface area contributed by atoms with Crippen molar-refractivity contribution < 1.29 is 23.1 Å². The number of amides is 3. The standard InChI is InChI=1S/C24H27F2N3O3/c1-2-32-18-8-6-17(7-9-18)27-23(31)29-15-12-24(16-29)10-13-28(14-11-24)22(30)21-19(25)4-3-5-20(21)26/h3-9H,2,10-16H2,1H3,(H,27,31). The van der Waals surface area contributed by atoms with Crippen molar-refractivity contribution in [3.63, 3.8) is 0 Å². The molecular weight excluding hydrogens is 416 g/mol. The summed E-state index contributed by atoms with van der Waals surface area (Å²) in [6, 6.07) is 10.5. The van der Waals surface area contributed by atoms with Crippen LogP contribution in [0.4, 0.5) is 19.3 Å². The predicted molar refractivity (Wildman–Crippen MR) is 117 cm³/mol. The minimum absolute atomic E-state index is 0.0687. The zero-order chi connectivity index (χ0) is 22.7. The van der Waals surface area contributed by atoms with Crippen molar-refractivity contribution in [2.75, 3.05) is 38.1 Å². The van der Waals surface area contributed by atoms with E-state index in [0.717, 1.165) is 24.3 Å². The summed E-state index contributed by atoms with van der Waals surface area (Å²) >= 11 is 0. The van der Waals surface area contributed by atoms with Gasteiger partial charge in [0.25, 0.3) is 5.91 Å². The molecule has 6 nitrogen and oxygen atoms in total. The van der Waals surface area contributed by atoms with Gasteiger partial charge in [-0.1, -0.05) is 6.07 Å². The molecule has 0 unspecified atom stereocenters. The molecule has 2 aliphatic rings. The molecule has 170 valence electrons. The number of anilines is 1. The van der Waals surface area contributed by atoms with E-state index in [0.29, 0.717) is 51.3 Å². The third-order valence-corrected chi connectivity index (χ3v) is 6.43. The van der Waals surface area contributed by atoms with Gasteiger partial charge in [-0.25, -0.2) is 13.6 Å². The van der Waals surface area contributed by atoms with Crippen LogP contribution >= 0.6 is 0 Å². The van der Waals surface area contributed by atoms with Gasteiger partial charge in [-0.2, -0.15) is 0 Å². The Kier molecular flexibility index (Phi) is 6.30. The third-order valence-electron chi connectivity index (χ3n) is 6.43. The largest absolute Gasteiger partial charge is 0.494 e. The first kappa shape index (κ1) is 22.0. The lowest BCUT2D eigenvalue weighted by molar-refractivity contribution is 0.0585. The number of carbonyl (C=O) groups is 2. The van der Waals surface area contributed by atoms with Gasteiger partial charge >= 0.3 is 6.03 Å². The van der Waals surface area contributed by atoms with Gasteiger partial charge in [-0.3, -0.25) is 4.79 Å². The second-order valence-corrected chi connectivity index (χ2v) is 8.45. The fraction of sp³-hybridized carbons (Fsp3) is 0.417. The van der Waals surface area contributed by atoms with Crippen molar-refractivity contribution in [2.45, 2.75) is 26.2 Å². The SMILES string of the molecule is CCOc1ccc(NC(=O)N2CCC3(CCN(C(=O)c4c(F)cccc4F)CC3)C2)cc1. The lowest BCUT2D eigenvalue weighted by Gasteiger charge is -2.39. The van der Waals surface area contributed by atoms with Crippen LogP contribution in [0.5, 0.6) is 5.75 Å². The van der Waals surface area contributed by atoms with Gasteiger partial charge in [0.05, 0.1) is 6.61 Å². The second-order valence-electron chi connectivity index (χ2n) is 8.45. The lowest BCUT2D eigenvalue weighted by Crippen LogP contribution is -2.45. The van der Waals surface area contributed by atoms with Crippen LogP contribution in [0.15, 0.2) is 42.5 Å².